The fraction of sp³-hybridized carbons (Fsp3) is 0.429. The molecule has 2 aromatic carbocycles. The summed E-state index contributed by atoms with van der Waals surface area (Å²) in [7, 11) is -4.43. The van der Waals surface area contributed by atoms with Gasteiger partial charge in [-0.15, -0.1) is 0 Å². The SMILES string of the molecule is C[C@@H]1CN(c2ccc(F)cc2C(F)(F)F)CCN1S(=O)(=O)c1cccc([C@](O)(CO)C(F)(F)F)c1. The van der Waals surface area contributed by atoms with Gasteiger partial charge >= 0.3 is 12.4 Å². The molecule has 0 unspecified atom stereocenters. The number of alkyl halides is 6. The highest BCUT2D eigenvalue weighted by molar-refractivity contribution is 7.89. The van der Waals surface area contributed by atoms with Crippen molar-refractivity contribution in [2.45, 2.75) is 35.8 Å². The van der Waals surface area contributed by atoms with E-state index in [1.54, 1.807) is 0 Å². The second-order valence-electron chi connectivity index (χ2n) is 8.11. The summed E-state index contributed by atoms with van der Waals surface area (Å²) in [6.07, 6.45) is -10.2. The summed E-state index contributed by atoms with van der Waals surface area (Å²) >= 11 is 0. The van der Waals surface area contributed by atoms with E-state index in [4.69, 9.17) is 5.11 Å². The minimum atomic E-state index is -5.30. The lowest BCUT2D eigenvalue weighted by Gasteiger charge is -2.41. The lowest BCUT2D eigenvalue weighted by atomic mass is 9.94. The number of nitrogens with zero attached hydrogens (tertiary/aromatic N) is 2. The Bertz CT molecular complexity index is 1190. The third-order valence-electron chi connectivity index (χ3n) is 5.79. The molecular weight excluding hydrogens is 509 g/mol. The Kier molecular flexibility index (Phi) is 7.16. The molecule has 1 saturated heterocycles. The van der Waals surface area contributed by atoms with Crippen molar-refractivity contribution in [2.75, 3.05) is 31.1 Å². The van der Waals surface area contributed by atoms with E-state index in [2.05, 4.69) is 0 Å². The molecule has 0 spiro atoms. The highest BCUT2D eigenvalue weighted by Crippen LogP contribution is 2.40. The van der Waals surface area contributed by atoms with Gasteiger partial charge in [0.2, 0.25) is 15.6 Å². The first-order chi connectivity index (χ1) is 16.0. The molecule has 0 radical (unpaired) electrons. The second-order valence-corrected chi connectivity index (χ2v) is 10.0. The average molecular weight is 530 g/mol. The van der Waals surface area contributed by atoms with Crippen LogP contribution in [0, 0.1) is 5.82 Å². The molecule has 2 N–H and O–H groups in total. The highest BCUT2D eigenvalue weighted by atomic mass is 32.2. The van der Waals surface area contributed by atoms with E-state index in [-0.39, 0.29) is 25.3 Å². The summed E-state index contributed by atoms with van der Waals surface area (Å²) in [5, 5.41) is 19.1. The summed E-state index contributed by atoms with van der Waals surface area (Å²) in [6, 6.07) is 4.63. The third-order valence-corrected chi connectivity index (χ3v) is 7.80. The van der Waals surface area contributed by atoms with Crippen molar-refractivity contribution in [1.82, 2.24) is 4.31 Å². The van der Waals surface area contributed by atoms with Crippen molar-refractivity contribution >= 4 is 15.7 Å². The van der Waals surface area contributed by atoms with Crippen LogP contribution in [0.1, 0.15) is 18.1 Å². The number of hydrogen-bond acceptors (Lipinski definition) is 5. The predicted molar refractivity (Wildman–Crippen MR) is 110 cm³/mol. The Morgan fingerprint density at radius 1 is 1.03 bits per heavy atom. The van der Waals surface area contributed by atoms with Gasteiger partial charge < -0.3 is 15.1 Å². The van der Waals surface area contributed by atoms with E-state index in [0.717, 1.165) is 34.6 Å². The molecule has 0 aliphatic carbocycles. The van der Waals surface area contributed by atoms with Crippen molar-refractivity contribution < 1.29 is 49.4 Å². The fourth-order valence-corrected chi connectivity index (χ4v) is 5.58. The molecule has 2 atom stereocenters. The Balaban J connectivity index is 1.91. The summed E-state index contributed by atoms with van der Waals surface area (Å²) < 4.78 is 121. The second kappa shape index (κ2) is 9.22. The van der Waals surface area contributed by atoms with Crippen molar-refractivity contribution in [3.8, 4) is 0 Å². The summed E-state index contributed by atoms with van der Waals surface area (Å²) in [4.78, 5) is 0.660. The number of halogens is 7. The first-order valence-corrected chi connectivity index (χ1v) is 11.6. The molecule has 3 rings (SSSR count). The van der Waals surface area contributed by atoms with Gasteiger partial charge in [-0.3, -0.25) is 0 Å². The van der Waals surface area contributed by atoms with Crippen LogP contribution in [0.5, 0.6) is 0 Å². The predicted octanol–water partition coefficient (Wildman–Crippen LogP) is 3.49. The summed E-state index contributed by atoms with van der Waals surface area (Å²) in [5.74, 6) is -1.09. The van der Waals surface area contributed by atoms with Gasteiger partial charge in [-0.05, 0) is 42.8 Å². The van der Waals surface area contributed by atoms with E-state index < -0.39 is 62.5 Å². The minimum Gasteiger partial charge on any atom is -0.393 e. The van der Waals surface area contributed by atoms with Crippen LogP contribution in [0.3, 0.4) is 0 Å². The highest BCUT2D eigenvalue weighted by Gasteiger charge is 2.55. The molecule has 1 aliphatic rings. The molecule has 1 heterocycles. The molecule has 6 nitrogen and oxygen atoms in total. The third kappa shape index (κ3) is 5.10. The van der Waals surface area contributed by atoms with Gasteiger partial charge in [0.15, 0.2) is 0 Å². The van der Waals surface area contributed by atoms with E-state index >= 15 is 0 Å². The van der Waals surface area contributed by atoms with Crippen LogP contribution in [0.4, 0.5) is 36.4 Å². The Hall–Kier alpha value is -2.42. The Morgan fingerprint density at radius 3 is 2.23 bits per heavy atom. The van der Waals surface area contributed by atoms with Gasteiger partial charge in [0, 0.05) is 31.4 Å². The molecule has 2 aromatic rings. The van der Waals surface area contributed by atoms with Gasteiger partial charge in [0.25, 0.3) is 0 Å². The van der Waals surface area contributed by atoms with Crippen molar-refractivity contribution in [3.63, 3.8) is 0 Å². The van der Waals surface area contributed by atoms with Gasteiger partial charge in [0.05, 0.1) is 17.1 Å². The van der Waals surface area contributed by atoms with E-state index in [0.29, 0.717) is 12.1 Å². The smallest absolute Gasteiger partial charge is 0.393 e. The first-order valence-electron chi connectivity index (χ1n) is 10.2. The number of anilines is 1. The number of hydrogen-bond donors (Lipinski definition) is 2. The van der Waals surface area contributed by atoms with Gasteiger partial charge in [-0.1, -0.05) is 12.1 Å². The quantitative estimate of drug-likeness (QED) is 0.579. The number of piperazine rings is 1. The first kappa shape index (κ1) is 27.2. The maximum absolute atomic E-state index is 13.4. The number of benzene rings is 2. The molecule has 14 heteroatoms. The van der Waals surface area contributed by atoms with Crippen LogP contribution in [-0.2, 0) is 21.8 Å². The van der Waals surface area contributed by atoms with Crippen molar-refractivity contribution in [3.05, 3.63) is 59.4 Å². The topological polar surface area (TPSA) is 81.1 Å². The molecule has 1 fully saturated rings. The van der Waals surface area contributed by atoms with Gasteiger partial charge in [-0.25, -0.2) is 12.8 Å². The fourth-order valence-electron chi connectivity index (χ4n) is 3.92. The molecule has 35 heavy (non-hydrogen) atoms. The van der Waals surface area contributed by atoms with Crippen LogP contribution >= 0.6 is 0 Å². The Morgan fingerprint density at radius 2 is 1.69 bits per heavy atom. The van der Waals surface area contributed by atoms with Crippen LogP contribution in [0.25, 0.3) is 0 Å². The largest absolute Gasteiger partial charge is 0.423 e. The molecule has 0 aromatic heterocycles. The Labute approximate surface area is 196 Å². The van der Waals surface area contributed by atoms with Crippen LogP contribution in [0.2, 0.25) is 0 Å². The zero-order valence-corrected chi connectivity index (χ0v) is 18.9. The molecule has 0 bridgehead atoms. The van der Waals surface area contributed by atoms with Crippen molar-refractivity contribution in [2.24, 2.45) is 0 Å². The number of rotatable bonds is 5. The maximum atomic E-state index is 13.4. The molecule has 194 valence electrons. The number of aliphatic hydroxyl groups excluding tert-OH is 1. The monoisotopic (exact) mass is 530 g/mol. The van der Waals surface area contributed by atoms with E-state index in [1.165, 1.54) is 11.8 Å². The van der Waals surface area contributed by atoms with Gasteiger partial charge in [-0.2, -0.15) is 30.6 Å². The zero-order valence-electron chi connectivity index (χ0n) is 18.1. The normalized spacial score (nSPS) is 20.1. The molecule has 0 amide bonds. The summed E-state index contributed by atoms with van der Waals surface area (Å²) in [5.41, 5.74) is -6.13. The lowest BCUT2D eigenvalue weighted by Crippen LogP contribution is -2.54. The average Bonchev–Trinajstić information content (AvgIpc) is 2.77. The zero-order chi connectivity index (χ0) is 26.4. The van der Waals surface area contributed by atoms with Crippen LogP contribution in [-0.4, -0.2) is 61.4 Å². The summed E-state index contributed by atoms with van der Waals surface area (Å²) in [6.45, 7) is -1.07. The van der Waals surface area contributed by atoms with Crippen LogP contribution in [0.15, 0.2) is 47.4 Å². The van der Waals surface area contributed by atoms with Gasteiger partial charge in [0.1, 0.15) is 5.82 Å². The van der Waals surface area contributed by atoms with E-state index in [1.807, 2.05) is 0 Å². The standard InChI is InChI=1S/C21H21F7N2O4S/c1-13-11-29(18-6-5-15(22)10-17(18)20(23,24)25)7-8-30(13)35(33,34)16-4-2-3-14(9-16)19(32,12-31)21(26,27)28/h2-6,9-10,13,31-32H,7-8,11-12H2,1H3/t13-,19-/m1/s1. The van der Waals surface area contributed by atoms with Crippen LogP contribution < -0.4 is 4.90 Å². The lowest BCUT2D eigenvalue weighted by molar-refractivity contribution is -0.277. The molecular formula is C21H21F7N2O4S. The molecule has 0 saturated carbocycles. The number of sulfonamides is 1. The number of aliphatic hydroxyl groups is 2. The maximum Gasteiger partial charge on any atom is 0.423 e. The van der Waals surface area contributed by atoms with E-state index in [9.17, 15) is 44.3 Å². The van der Waals surface area contributed by atoms with Crippen molar-refractivity contribution in [1.29, 1.82) is 0 Å². The minimum absolute atomic E-state index is 0.207. The molecule has 1 aliphatic heterocycles.